The van der Waals surface area contributed by atoms with Crippen molar-refractivity contribution in [2.45, 2.75) is 6.92 Å². The van der Waals surface area contributed by atoms with E-state index in [4.69, 9.17) is 4.74 Å². The van der Waals surface area contributed by atoms with Gasteiger partial charge in [-0.05, 0) is 37.3 Å². The minimum absolute atomic E-state index is 0.0840. The second kappa shape index (κ2) is 8.31. The zero-order valence-corrected chi connectivity index (χ0v) is 16.5. The molecule has 29 heavy (non-hydrogen) atoms. The Balaban J connectivity index is 1.78. The summed E-state index contributed by atoms with van der Waals surface area (Å²) < 4.78 is 46.3. The Hall–Kier alpha value is -3.40. The number of anilines is 2. The lowest BCUT2D eigenvalue weighted by Gasteiger charge is -2.12. The van der Waals surface area contributed by atoms with E-state index in [9.17, 15) is 17.6 Å². The molecule has 0 bridgehead atoms. The molecule has 1 heterocycles. The Morgan fingerprint density at radius 3 is 2.66 bits per heavy atom. The summed E-state index contributed by atoms with van der Waals surface area (Å²) in [6.07, 6.45) is 1.48. The second-order valence-electron chi connectivity index (χ2n) is 5.97. The largest absolute Gasteiger partial charge is 0.494 e. The molecule has 3 aromatic rings. The molecule has 0 aliphatic rings. The third kappa shape index (κ3) is 4.72. The Morgan fingerprint density at radius 1 is 1.21 bits per heavy atom. The van der Waals surface area contributed by atoms with Gasteiger partial charge in [0.05, 0.1) is 18.6 Å². The summed E-state index contributed by atoms with van der Waals surface area (Å²) in [4.78, 5) is 12.5. The van der Waals surface area contributed by atoms with Crippen molar-refractivity contribution in [3.63, 3.8) is 0 Å². The van der Waals surface area contributed by atoms with E-state index in [0.29, 0.717) is 5.69 Å². The smallest absolute Gasteiger partial charge is 0.276 e. The van der Waals surface area contributed by atoms with Gasteiger partial charge in [-0.1, -0.05) is 12.1 Å². The number of nitrogens with one attached hydrogen (secondary N) is 2. The predicted octanol–water partition coefficient (Wildman–Crippen LogP) is 3.03. The normalized spacial score (nSPS) is 11.1. The highest BCUT2D eigenvalue weighted by Gasteiger charge is 2.15. The minimum Gasteiger partial charge on any atom is -0.494 e. The molecule has 0 fully saturated rings. The van der Waals surface area contributed by atoms with E-state index in [1.807, 2.05) is 0 Å². The zero-order chi connectivity index (χ0) is 21.0. The van der Waals surface area contributed by atoms with Gasteiger partial charge in [0.1, 0.15) is 17.3 Å². The number of aromatic nitrogens is 2. The Bertz CT molecular complexity index is 1140. The molecule has 10 heteroatoms. The molecule has 0 atom stereocenters. The van der Waals surface area contributed by atoms with Crippen LogP contribution in [0.5, 0.6) is 5.75 Å². The highest BCUT2D eigenvalue weighted by Crippen LogP contribution is 2.29. The van der Waals surface area contributed by atoms with Crippen LogP contribution in [-0.4, -0.2) is 37.0 Å². The number of nitrogens with zero attached hydrogens (tertiary/aromatic N) is 2. The fraction of sp³-hybridized carbons (Fsp3) is 0.158. The van der Waals surface area contributed by atoms with Gasteiger partial charge in [-0.2, -0.15) is 5.10 Å². The molecule has 1 aromatic heterocycles. The van der Waals surface area contributed by atoms with Gasteiger partial charge in [0, 0.05) is 18.0 Å². The van der Waals surface area contributed by atoms with Gasteiger partial charge >= 0.3 is 0 Å². The summed E-state index contributed by atoms with van der Waals surface area (Å²) in [5.41, 5.74) is 0.951. The van der Waals surface area contributed by atoms with E-state index < -0.39 is 21.7 Å². The molecule has 1 amide bonds. The standard InChI is InChI=1S/C19H19FN4O4S/c1-3-29(26,27)23-15-9-8-13(12-18(15)28-2)21-19(25)16-10-11-24(22-16)17-7-5-4-6-14(17)20/h4-12,23H,3H2,1-2H3,(H,21,25). The first-order valence-electron chi connectivity index (χ1n) is 8.63. The number of carbonyl (C=O) groups is 1. The van der Waals surface area contributed by atoms with E-state index in [1.54, 1.807) is 18.2 Å². The number of para-hydroxylation sites is 1. The molecule has 0 spiro atoms. The number of hydrogen-bond donors (Lipinski definition) is 2. The van der Waals surface area contributed by atoms with Crippen molar-refractivity contribution in [3.05, 3.63) is 66.2 Å². The van der Waals surface area contributed by atoms with Crippen LogP contribution < -0.4 is 14.8 Å². The number of halogens is 1. The maximum absolute atomic E-state index is 13.9. The van der Waals surface area contributed by atoms with Gasteiger partial charge in [-0.15, -0.1) is 0 Å². The molecule has 3 rings (SSSR count). The summed E-state index contributed by atoms with van der Waals surface area (Å²) in [6.45, 7) is 1.52. The molecule has 8 nitrogen and oxygen atoms in total. The molecule has 0 radical (unpaired) electrons. The van der Waals surface area contributed by atoms with Gasteiger partial charge in [-0.25, -0.2) is 17.5 Å². The molecule has 0 saturated heterocycles. The number of hydrogen-bond acceptors (Lipinski definition) is 5. The first-order chi connectivity index (χ1) is 13.8. The van der Waals surface area contributed by atoms with E-state index >= 15 is 0 Å². The van der Waals surface area contributed by atoms with Crippen molar-refractivity contribution in [3.8, 4) is 11.4 Å². The topological polar surface area (TPSA) is 102 Å². The van der Waals surface area contributed by atoms with Crippen LogP contribution in [0.1, 0.15) is 17.4 Å². The quantitative estimate of drug-likeness (QED) is 0.614. The number of sulfonamides is 1. The number of amides is 1. The maximum atomic E-state index is 13.9. The van der Waals surface area contributed by atoms with Crippen LogP contribution in [0.3, 0.4) is 0 Å². The first-order valence-corrected chi connectivity index (χ1v) is 10.3. The van der Waals surface area contributed by atoms with Gasteiger partial charge in [0.25, 0.3) is 5.91 Å². The molecule has 0 unspecified atom stereocenters. The fourth-order valence-corrected chi connectivity index (χ4v) is 3.15. The average molecular weight is 418 g/mol. The zero-order valence-electron chi connectivity index (χ0n) is 15.7. The molecule has 0 aliphatic carbocycles. The van der Waals surface area contributed by atoms with Gasteiger partial charge in [0.2, 0.25) is 10.0 Å². The second-order valence-corrected chi connectivity index (χ2v) is 7.98. The number of rotatable bonds is 7. The maximum Gasteiger partial charge on any atom is 0.276 e. The van der Waals surface area contributed by atoms with Gasteiger partial charge < -0.3 is 10.1 Å². The highest BCUT2D eigenvalue weighted by atomic mass is 32.2. The van der Waals surface area contributed by atoms with Crippen LogP contribution in [0.15, 0.2) is 54.7 Å². The third-order valence-corrected chi connectivity index (χ3v) is 5.32. The van der Waals surface area contributed by atoms with Crippen LogP contribution >= 0.6 is 0 Å². The van der Waals surface area contributed by atoms with Crippen molar-refractivity contribution >= 4 is 27.3 Å². The van der Waals surface area contributed by atoms with E-state index in [2.05, 4.69) is 15.1 Å². The van der Waals surface area contributed by atoms with E-state index in [-0.39, 0.29) is 28.6 Å². The minimum atomic E-state index is -3.47. The van der Waals surface area contributed by atoms with Crippen molar-refractivity contribution in [2.75, 3.05) is 22.9 Å². The molecule has 0 aliphatic heterocycles. The SMILES string of the molecule is CCS(=O)(=O)Nc1ccc(NC(=O)c2ccn(-c3ccccc3F)n2)cc1OC. The van der Waals surface area contributed by atoms with Crippen LogP contribution in [0.2, 0.25) is 0 Å². The van der Waals surface area contributed by atoms with Crippen molar-refractivity contribution in [1.82, 2.24) is 9.78 Å². The summed E-state index contributed by atoms with van der Waals surface area (Å²) in [5.74, 6) is -0.808. The van der Waals surface area contributed by atoms with E-state index in [1.165, 1.54) is 55.2 Å². The van der Waals surface area contributed by atoms with Crippen molar-refractivity contribution in [2.24, 2.45) is 0 Å². The predicted molar refractivity (Wildman–Crippen MR) is 108 cm³/mol. The lowest BCUT2D eigenvalue weighted by atomic mass is 10.2. The Labute approximate surface area is 167 Å². The molecular formula is C19H19FN4O4S. The number of carbonyl (C=O) groups excluding carboxylic acids is 1. The lowest BCUT2D eigenvalue weighted by molar-refractivity contribution is 0.102. The summed E-state index contributed by atoms with van der Waals surface area (Å²) in [6, 6.07) is 12.0. The van der Waals surface area contributed by atoms with Crippen molar-refractivity contribution < 1.29 is 22.3 Å². The molecule has 152 valence electrons. The Morgan fingerprint density at radius 2 is 1.97 bits per heavy atom. The molecule has 2 N–H and O–H groups in total. The van der Waals surface area contributed by atoms with Crippen molar-refractivity contribution in [1.29, 1.82) is 0 Å². The molecular weight excluding hydrogens is 399 g/mol. The molecule has 2 aromatic carbocycles. The third-order valence-electron chi connectivity index (χ3n) is 4.03. The highest BCUT2D eigenvalue weighted by molar-refractivity contribution is 7.92. The summed E-state index contributed by atoms with van der Waals surface area (Å²) >= 11 is 0. The van der Waals surface area contributed by atoms with Gasteiger partial charge in [0.15, 0.2) is 5.69 Å². The number of benzene rings is 2. The fourth-order valence-electron chi connectivity index (χ4n) is 2.50. The van der Waals surface area contributed by atoms with Crippen LogP contribution in [-0.2, 0) is 10.0 Å². The van der Waals surface area contributed by atoms with Crippen LogP contribution in [0.25, 0.3) is 5.69 Å². The number of ether oxygens (including phenoxy) is 1. The van der Waals surface area contributed by atoms with Crippen LogP contribution in [0.4, 0.5) is 15.8 Å². The Kier molecular flexibility index (Phi) is 5.83. The average Bonchev–Trinajstić information content (AvgIpc) is 3.19. The summed E-state index contributed by atoms with van der Waals surface area (Å²) in [5, 5.41) is 6.75. The first kappa shape index (κ1) is 20.3. The monoisotopic (exact) mass is 418 g/mol. The van der Waals surface area contributed by atoms with E-state index in [0.717, 1.165) is 0 Å². The van der Waals surface area contributed by atoms with Crippen LogP contribution in [0, 0.1) is 5.82 Å². The molecule has 0 saturated carbocycles. The number of methoxy groups -OCH3 is 1. The summed E-state index contributed by atoms with van der Waals surface area (Å²) in [7, 11) is -2.08. The van der Waals surface area contributed by atoms with Gasteiger partial charge in [-0.3, -0.25) is 9.52 Å². The lowest BCUT2D eigenvalue weighted by Crippen LogP contribution is -2.16.